The van der Waals surface area contributed by atoms with Crippen LogP contribution >= 0.6 is 23.4 Å². The first-order chi connectivity index (χ1) is 18.6. The molecule has 0 amide bonds. The normalized spacial score (nSPS) is 17.7. The Kier molecular flexibility index (Phi) is 9.53. The highest BCUT2D eigenvalue weighted by Crippen LogP contribution is 2.40. The predicted molar refractivity (Wildman–Crippen MR) is 138 cm³/mol. The number of hydrogen-bond donors (Lipinski definition) is 0. The van der Waals surface area contributed by atoms with Crippen molar-refractivity contribution < 1.29 is 40.6 Å². The fourth-order valence-electron chi connectivity index (χ4n) is 3.87. The zero-order valence-corrected chi connectivity index (χ0v) is 21.9. The van der Waals surface area contributed by atoms with Crippen LogP contribution in [0.15, 0.2) is 61.2 Å². The van der Waals surface area contributed by atoms with Crippen molar-refractivity contribution in [3.63, 3.8) is 0 Å². The summed E-state index contributed by atoms with van der Waals surface area (Å²) in [5.74, 6) is -5.72. The first-order valence-electron chi connectivity index (χ1n) is 11.8. The van der Waals surface area contributed by atoms with Crippen LogP contribution < -0.4 is 4.74 Å². The summed E-state index contributed by atoms with van der Waals surface area (Å²) >= 11 is 7.60. The summed E-state index contributed by atoms with van der Waals surface area (Å²) in [6.07, 6.45) is -1.56. The Balaban J connectivity index is 1.44. The van der Waals surface area contributed by atoms with E-state index in [0.29, 0.717) is 25.4 Å². The molecule has 1 fully saturated rings. The first-order valence-corrected chi connectivity index (χ1v) is 13.2. The highest BCUT2D eigenvalue weighted by Gasteiger charge is 2.37. The number of hydrogen-bond acceptors (Lipinski definition) is 4. The smallest absolute Gasteiger partial charge is 0.428 e. The fraction of sp³-hybridized carbons (Fsp3) is 0.286. The van der Waals surface area contributed by atoms with E-state index in [2.05, 4.69) is 11.3 Å². The fourth-order valence-corrected chi connectivity index (χ4v) is 5.32. The van der Waals surface area contributed by atoms with E-state index in [-0.39, 0.29) is 34.6 Å². The molecule has 2 unspecified atom stereocenters. The molecule has 0 saturated carbocycles. The average molecular weight is 589 g/mol. The molecule has 39 heavy (non-hydrogen) atoms. The predicted octanol–water partition coefficient (Wildman–Crippen LogP) is 8.66. The lowest BCUT2D eigenvalue weighted by Crippen LogP contribution is -2.25. The second kappa shape index (κ2) is 12.7. The molecule has 0 N–H and O–H groups in total. The standard InChI is InChI=1S/C28H23ClF6O3S/c1-2-3-8-36-13-16-14-37-27(39-15-16)18-4-6-20(23(30)10-18)17-5-7-21(22(29)9-17)28(34,35)38-19-11-24(31)26(33)25(32)12-19/h2,4-7,9-12,16,27H,1,3,8,13-15H2. The average Bonchev–Trinajstić information content (AvgIpc) is 2.89. The molecular weight excluding hydrogens is 566 g/mol. The summed E-state index contributed by atoms with van der Waals surface area (Å²) in [5, 5.41) is -0.475. The van der Waals surface area contributed by atoms with Crippen LogP contribution in [0.4, 0.5) is 26.3 Å². The van der Waals surface area contributed by atoms with Crippen molar-refractivity contribution >= 4 is 23.4 Å². The van der Waals surface area contributed by atoms with Crippen molar-refractivity contribution in [1.82, 2.24) is 0 Å². The largest absolute Gasteiger partial charge is 0.429 e. The van der Waals surface area contributed by atoms with Crippen LogP contribution in [0.3, 0.4) is 0 Å². The first kappa shape index (κ1) is 29.3. The second-order valence-electron chi connectivity index (χ2n) is 8.77. The molecule has 11 heteroatoms. The lowest BCUT2D eigenvalue weighted by atomic mass is 10.0. The van der Waals surface area contributed by atoms with Gasteiger partial charge in [-0.25, -0.2) is 17.6 Å². The van der Waals surface area contributed by atoms with Gasteiger partial charge in [0.15, 0.2) is 17.5 Å². The van der Waals surface area contributed by atoms with Crippen LogP contribution in [-0.4, -0.2) is 25.6 Å². The van der Waals surface area contributed by atoms with Crippen molar-refractivity contribution in [2.75, 3.05) is 25.6 Å². The van der Waals surface area contributed by atoms with Crippen molar-refractivity contribution in [3.8, 4) is 16.9 Å². The Morgan fingerprint density at radius 1 is 1.03 bits per heavy atom. The van der Waals surface area contributed by atoms with Gasteiger partial charge in [0.05, 0.1) is 30.4 Å². The van der Waals surface area contributed by atoms with Crippen LogP contribution in [0.2, 0.25) is 5.02 Å². The molecule has 3 aromatic carbocycles. The van der Waals surface area contributed by atoms with E-state index in [1.54, 1.807) is 12.1 Å². The lowest BCUT2D eigenvalue weighted by Gasteiger charge is -2.29. The van der Waals surface area contributed by atoms with Gasteiger partial charge in [0.2, 0.25) is 0 Å². The van der Waals surface area contributed by atoms with Crippen LogP contribution in [0.25, 0.3) is 11.1 Å². The molecule has 4 rings (SSSR count). The molecule has 208 valence electrons. The SMILES string of the molecule is C=CCCOCC1COC(c2ccc(-c3ccc(C(F)(F)Oc4cc(F)c(F)c(F)c4)c(Cl)c3)c(F)c2)SC1. The molecule has 0 bridgehead atoms. The topological polar surface area (TPSA) is 27.7 Å². The number of alkyl halides is 2. The molecule has 0 radical (unpaired) electrons. The number of thioether (sulfide) groups is 1. The van der Waals surface area contributed by atoms with Crippen LogP contribution in [-0.2, 0) is 15.6 Å². The lowest BCUT2D eigenvalue weighted by molar-refractivity contribution is -0.185. The van der Waals surface area contributed by atoms with Crippen LogP contribution in [0, 0.1) is 29.2 Å². The molecule has 1 saturated heterocycles. The third-order valence-electron chi connectivity index (χ3n) is 5.85. The van der Waals surface area contributed by atoms with Gasteiger partial charge >= 0.3 is 6.11 Å². The van der Waals surface area contributed by atoms with Crippen molar-refractivity contribution in [1.29, 1.82) is 0 Å². The third-order valence-corrected chi connectivity index (χ3v) is 7.54. The van der Waals surface area contributed by atoms with Crippen LogP contribution in [0.5, 0.6) is 5.75 Å². The minimum Gasteiger partial charge on any atom is -0.429 e. The Morgan fingerprint density at radius 3 is 2.38 bits per heavy atom. The summed E-state index contributed by atoms with van der Waals surface area (Å²) in [5.41, 5.74) is -0.232. The summed E-state index contributed by atoms with van der Waals surface area (Å²) in [6, 6.07) is 8.35. The minimum absolute atomic E-state index is 0.119. The Labute approximate surface area is 230 Å². The van der Waals surface area contributed by atoms with Crippen molar-refractivity contribution in [2.24, 2.45) is 5.92 Å². The van der Waals surface area contributed by atoms with Crippen molar-refractivity contribution in [3.05, 3.63) is 101 Å². The minimum atomic E-state index is -4.13. The number of ether oxygens (including phenoxy) is 3. The Morgan fingerprint density at radius 2 is 1.77 bits per heavy atom. The van der Waals surface area contributed by atoms with Crippen LogP contribution in [0.1, 0.15) is 23.0 Å². The molecule has 1 aliphatic rings. The van der Waals surface area contributed by atoms with Gasteiger partial charge in [-0.3, -0.25) is 0 Å². The second-order valence-corrected chi connectivity index (χ2v) is 10.3. The van der Waals surface area contributed by atoms with Gasteiger partial charge in [0.1, 0.15) is 17.0 Å². The maximum Gasteiger partial charge on any atom is 0.428 e. The Bertz CT molecular complexity index is 1310. The quantitative estimate of drug-likeness (QED) is 0.103. The van der Waals surface area contributed by atoms with E-state index < -0.39 is 45.7 Å². The number of rotatable bonds is 10. The zero-order valence-electron chi connectivity index (χ0n) is 20.4. The van der Waals surface area contributed by atoms with E-state index in [1.807, 2.05) is 0 Å². The molecule has 1 heterocycles. The van der Waals surface area contributed by atoms with Gasteiger partial charge in [-0.15, -0.1) is 18.3 Å². The monoisotopic (exact) mass is 588 g/mol. The summed E-state index contributed by atoms with van der Waals surface area (Å²) in [4.78, 5) is 0. The molecular formula is C28H23ClF6O3S. The number of benzene rings is 3. The highest BCUT2D eigenvalue weighted by molar-refractivity contribution is 7.99. The van der Waals surface area contributed by atoms with E-state index in [1.165, 1.54) is 30.0 Å². The maximum atomic E-state index is 15.1. The molecule has 2 atom stereocenters. The van der Waals surface area contributed by atoms with Gasteiger partial charge in [0, 0.05) is 29.4 Å². The molecule has 3 nitrogen and oxygen atoms in total. The molecule has 0 aromatic heterocycles. The molecule has 3 aromatic rings. The number of halogens is 7. The van der Waals surface area contributed by atoms with E-state index in [4.69, 9.17) is 21.1 Å². The van der Waals surface area contributed by atoms with E-state index in [9.17, 15) is 22.0 Å². The Hall–Kier alpha value is -2.66. The van der Waals surface area contributed by atoms with Crippen molar-refractivity contribution in [2.45, 2.75) is 18.0 Å². The van der Waals surface area contributed by atoms with Gasteiger partial charge < -0.3 is 14.2 Å². The molecule has 1 aliphatic heterocycles. The molecule has 0 spiro atoms. The van der Waals surface area contributed by atoms with Gasteiger partial charge in [0.25, 0.3) is 0 Å². The maximum absolute atomic E-state index is 15.1. The van der Waals surface area contributed by atoms with Gasteiger partial charge in [-0.05, 0) is 35.7 Å². The van der Waals surface area contributed by atoms with Gasteiger partial charge in [-0.1, -0.05) is 35.9 Å². The summed E-state index contributed by atoms with van der Waals surface area (Å²) < 4.78 is 100. The summed E-state index contributed by atoms with van der Waals surface area (Å²) in [6.45, 7) is 5.29. The third kappa shape index (κ3) is 7.11. The zero-order chi connectivity index (χ0) is 28.2. The summed E-state index contributed by atoms with van der Waals surface area (Å²) in [7, 11) is 0. The van der Waals surface area contributed by atoms with E-state index >= 15 is 4.39 Å². The highest BCUT2D eigenvalue weighted by atomic mass is 35.5. The molecule has 0 aliphatic carbocycles. The van der Waals surface area contributed by atoms with E-state index in [0.717, 1.165) is 24.3 Å². The van der Waals surface area contributed by atoms with Gasteiger partial charge in [-0.2, -0.15) is 8.78 Å².